The lowest BCUT2D eigenvalue weighted by atomic mass is 9.75. The lowest BCUT2D eigenvalue weighted by Crippen LogP contribution is -2.27. The molecule has 0 amide bonds. The first-order valence-corrected chi connectivity index (χ1v) is 14.3. The van der Waals surface area contributed by atoms with E-state index in [9.17, 15) is 13.2 Å². The summed E-state index contributed by atoms with van der Waals surface area (Å²) in [7, 11) is 2.10. The number of aromatic nitrogens is 1. The van der Waals surface area contributed by atoms with Gasteiger partial charge in [0.1, 0.15) is 0 Å². The first-order chi connectivity index (χ1) is 17.7. The van der Waals surface area contributed by atoms with Gasteiger partial charge in [0, 0.05) is 24.5 Å². The molecule has 1 aliphatic heterocycles. The summed E-state index contributed by atoms with van der Waals surface area (Å²) in [4.78, 5) is 6.81. The number of rotatable bonds is 10. The van der Waals surface area contributed by atoms with Crippen LogP contribution in [0.1, 0.15) is 118 Å². The van der Waals surface area contributed by atoms with Crippen molar-refractivity contribution < 1.29 is 13.2 Å². The molecule has 1 aliphatic carbocycles. The third-order valence-electron chi connectivity index (χ3n) is 8.72. The van der Waals surface area contributed by atoms with E-state index in [1.165, 1.54) is 60.9 Å². The number of pyridine rings is 1. The quantitative estimate of drug-likeness (QED) is 0.315. The van der Waals surface area contributed by atoms with Gasteiger partial charge in [-0.15, -0.1) is 0 Å². The SMILES string of the molecule is CCCCC(CC1=CCN(C)C(c2ccc(C(F)(F)F)cc2C2CCC2)c2ccncc21)CC(C)CC. The number of nitrogens with zero attached hydrogens (tertiary/aromatic N) is 2. The number of hydrogen-bond acceptors (Lipinski definition) is 2. The van der Waals surface area contributed by atoms with Gasteiger partial charge in [0.15, 0.2) is 0 Å². The Morgan fingerprint density at radius 1 is 1.08 bits per heavy atom. The number of unbranched alkanes of at least 4 members (excludes halogenated alkanes) is 1. The lowest BCUT2D eigenvalue weighted by Gasteiger charge is -2.34. The van der Waals surface area contributed by atoms with Crippen LogP contribution in [0.5, 0.6) is 0 Å². The zero-order valence-corrected chi connectivity index (χ0v) is 23.0. The molecule has 1 fully saturated rings. The summed E-state index contributed by atoms with van der Waals surface area (Å²) in [5.41, 5.74) is 5.04. The summed E-state index contributed by atoms with van der Waals surface area (Å²) in [5, 5.41) is 0. The van der Waals surface area contributed by atoms with Crippen LogP contribution in [0.2, 0.25) is 0 Å². The Bertz CT molecular complexity index is 1070. The zero-order chi connectivity index (χ0) is 26.6. The molecule has 0 bridgehead atoms. The average Bonchev–Trinajstić information content (AvgIpc) is 2.97. The monoisotopic (exact) mass is 512 g/mol. The van der Waals surface area contributed by atoms with Crippen molar-refractivity contribution in [3.63, 3.8) is 0 Å². The second-order valence-electron chi connectivity index (χ2n) is 11.5. The fourth-order valence-electron chi connectivity index (χ4n) is 6.13. The van der Waals surface area contributed by atoms with Gasteiger partial charge in [-0.05, 0) is 90.9 Å². The van der Waals surface area contributed by atoms with Gasteiger partial charge in [-0.3, -0.25) is 9.88 Å². The Labute approximate surface area is 221 Å². The van der Waals surface area contributed by atoms with Crippen molar-refractivity contribution in [2.75, 3.05) is 13.6 Å². The predicted molar refractivity (Wildman–Crippen MR) is 146 cm³/mol. The summed E-state index contributed by atoms with van der Waals surface area (Å²) in [6.45, 7) is 7.65. The minimum Gasteiger partial charge on any atom is -0.292 e. The summed E-state index contributed by atoms with van der Waals surface area (Å²) in [6, 6.07) is 6.46. The molecule has 2 nitrogen and oxygen atoms in total. The second kappa shape index (κ2) is 12.1. The highest BCUT2D eigenvalue weighted by atomic mass is 19.4. The molecule has 2 aliphatic rings. The molecule has 3 unspecified atom stereocenters. The summed E-state index contributed by atoms with van der Waals surface area (Å²) >= 11 is 0. The molecule has 1 aromatic carbocycles. The normalized spacial score (nSPS) is 20.5. The number of likely N-dealkylation sites (N-methyl/N-ethyl adjacent to an activating group) is 1. The van der Waals surface area contributed by atoms with Gasteiger partial charge < -0.3 is 0 Å². The topological polar surface area (TPSA) is 16.1 Å². The number of hydrogen-bond donors (Lipinski definition) is 0. The van der Waals surface area contributed by atoms with Crippen LogP contribution in [-0.2, 0) is 6.18 Å². The van der Waals surface area contributed by atoms with Crippen LogP contribution in [0.15, 0.2) is 42.7 Å². The molecule has 4 rings (SSSR count). The molecule has 2 aromatic rings. The largest absolute Gasteiger partial charge is 0.416 e. The van der Waals surface area contributed by atoms with E-state index in [0.717, 1.165) is 43.4 Å². The number of fused-ring (bicyclic) bond motifs is 1. The Morgan fingerprint density at radius 3 is 2.51 bits per heavy atom. The molecule has 0 N–H and O–H groups in total. The van der Waals surface area contributed by atoms with Gasteiger partial charge in [0.2, 0.25) is 0 Å². The van der Waals surface area contributed by atoms with Crippen molar-refractivity contribution in [2.45, 2.75) is 96.7 Å². The van der Waals surface area contributed by atoms with Crippen molar-refractivity contribution in [3.8, 4) is 0 Å². The third-order valence-corrected chi connectivity index (χ3v) is 8.72. The van der Waals surface area contributed by atoms with Crippen molar-refractivity contribution in [1.82, 2.24) is 9.88 Å². The minimum absolute atomic E-state index is 0.0895. The van der Waals surface area contributed by atoms with Gasteiger partial charge in [-0.1, -0.05) is 65.0 Å². The highest BCUT2D eigenvalue weighted by Crippen LogP contribution is 2.46. The highest BCUT2D eigenvalue weighted by molar-refractivity contribution is 5.70. The summed E-state index contributed by atoms with van der Waals surface area (Å²) in [5.74, 6) is 1.54. The third kappa shape index (κ3) is 6.47. The van der Waals surface area contributed by atoms with Crippen LogP contribution in [0.25, 0.3) is 5.57 Å². The molecule has 1 aromatic heterocycles. The molecule has 2 heterocycles. The molecule has 37 heavy (non-hydrogen) atoms. The van der Waals surface area contributed by atoms with E-state index in [4.69, 9.17) is 0 Å². The highest BCUT2D eigenvalue weighted by Gasteiger charge is 2.36. The molecule has 0 spiro atoms. The van der Waals surface area contributed by atoms with Crippen LogP contribution < -0.4 is 0 Å². The van der Waals surface area contributed by atoms with E-state index in [-0.39, 0.29) is 12.0 Å². The van der Waals surface area contributed by atoms with Crippen molar-refractivity contribution in [1.29, 1.82) is 0 Å². The number of benzene rings is 1. The maximum Gasteiger partial charge on any atom is 0.416 e. The Kier molecular flexibility index (Phi) is 9.15. The molecule has 3 atom stereocenters. The fourth-order valence-corrected chi connectivity index (χ4v) is 6.13. The van der Waals surface area contributed by atoms with E-state index in [0.29, 0.717) is 11.8 Å². The van der Waals surface area contributed by atoms with E-state index < -0.39 is 11.7 Å². The van der Waals surface area contributed by atoms with Gasteiger partial charge in [0.05, 0.1) is 11.6 Å². The second-order valence-corrected chi connectivity index (χ2v) is 11.5. The van der Waals surface area contributed by atoms with Crippen molar-refractivity contribution in [3.05, 3.63) is 70.6 Å². The van der Waals surface area contributed by atoms with E-state index in [2.05, 4.69) is 49.8 Å². The Morgan fingerprint density at radius 2 is 1.86 bits per heavy atom. The van der Waals surface area contributed by atoms with E-state index in [1.54, 1.807) is 6.07 Å². The van der Waals surface area contributed by atoms with E-state index >= 15 is 0 Å². The molecular formula is C32H43F3N2. The van der Waals surface area contributed by atoms with Gasteiger partial charge in [-0.2, -0.15) is 13.2 Å². The predicted octanol–water partition coefficient (Wildman–Crippen LogP) is 9.42. The molecule has 5 heteroatoms. The Hall–Kier alpha value is -2.14. The van der Waals surface area contributed by atoms with Crippen molar-refractivity contribution >= 4 is 5.57 Å². The number of halogens is 3. The maximum absolute atomic E-state index is 13.7. The molecule has 202 valence electrons. The molecule has 0 saturated heterocycles. The summed E-state index contributed by atoms with van der Waals surface area (Å²) in [6.07, 6.45) is 12.0. The lowest BCUT2D eigenvalue weighted by molar-refractivity contribution is -0.137. The first kappa shape index (κ1) is 27.9. The van der Waals surface area contributed by atoms with Gasteiger partial charge >= 0.3 is 6.18 Å². The zero-order valence-electron chi connectivity index (χ0n) is 23.0. The average molecular weight is 513 g/mol. The number of allylic oxidation sites excluding steroid dienone is 1. The van der Waals surface area contributed by atoms with Crippen LogP contribution >= 0.6 is 0 Å². The minimum atomic E-state index is -4.33. The smallest absolute Gasteiger partial charge is 0.292 e. The molecule has 1 saturated carbocycles. The fraction of sp³-hybridized carbons (Fsp3) is 0.594. The van der Waals surface area contributed by atoms with Gasteiger partial charge in [-0.25, -0.2) is 0 Å². The van der Waals surface area contributed by atoms with Crippen LogP contribution in [0.3, 0.4) is 0 Å². The van der Waals surface area contributed by atoms with Crippen molar-refractivity contribution in [2.24, 2.45) is 11.8 Å². The van der Waals surface area contributed by atoms with Gasteiger partial charge in [0.25, 0.3) is 0 Å². The summed E-state index contributed by atoms with van der Waals surface area (Å²) < 4.78 is 41.0. The standard InChI is InChI=1S/C32H43F3N2/c1-5-7-9-23(18-22(3)6-2)19-25-15-17-37(4)31(28-14-16-36-21-30(25)28)27-13-12-26(32(33,34)35)20-29(27)24-10-8-11-24/h12-16,20-24,31H,5-11,17-19H2,1-4H3. The van der Waals surface area contributed by atoms with Crippen LogP contribution in [0, 0.1) is 11.8 Å². The maximum atomic E-state index is 13.7. The molecular weight excluding hydrogens is 469 g/mol. The van der Waals surface area contributed by atoms with Crippen LogP contribution in [0.4, 0.5) is 13.2 Å². The van der Waals surface area contributed by atoms with E-state index in [1.807, 2.05) is 12.4 Å². The Balaban J connectivity index is 1.73. The van der Waals surface area contributed by atoms with Crippen LogP contribution in [-0.4, -0.2) is 23.5 Å². The number of alkyl halides is 3. The molecule has 0 radical (unpaired) electrons. The first-order valence-electron chi connectivity index (χ1n) is 14.3.